The van der Waals surface area contributed by atoms with Crippen molar-refractivity contribution in [3.63, 3.8) is 0 Å². The molecule has 1 aromatic carbocycles. The molecule has 0 saturated heterocycles. The van der Waals surface area contributed by atoms with Crippen LogP contribution in [0.2, 0.25) is 0 Å². The van der Waals surface area contributed by atoms with Crippen LogP contribution in [0.3, 0.4) is 0 Å². The van der Waals surface area contributed by atoms with E-state index >= 15 is 0 Å². The number of hydrogen-bond donors (Lipinski definition) is 1. The molecule has 20 heavy (non-hydrogen) atoms. The van der Waals surface area contributed by atoms with Gasteiger partial charge in [0, 0.05) is 4.91 Å². The number of aromatic nitrogens is 2. The fourth-order valence-corrected chi connectivity index (χ4v) is 2.89. The summed E-state index contributed by atoms with van der Waals surface area (Å²) in [6.07, 6.45) is 2.89. The van der Waals surface area contributed by atoms with Gasteiger partial charge in [0.1, 0.15) is 5.82 Å². The molecule has 7 heteroatoms. The van der Waals surface area contributed by atoms with Crippen molar-refractivity contribution in [3.05, 3.63) is 40.7 Å². The molecular weight excluding hydrogens is 261 g/mol. The van der Waals surface area contributed by atoms with Crippen LogP contribution in [0.5, 0.6) is 0 Å². The second-order valence-corrected chi connectivity index (χ2v) is 5.02. The molecule has 0 amide bonds. The molecule has 0 radical (unpaired) electrons. The van der Waals surface area contributed by atoms with Crippen LogP contribution in [-0.2, 0) is 0 Å². The largest absolute Gasteiger partial charge is 0.390 e. The minimum absolute atomic E-state index is 0.293. The zero-order valence-electron chi connectivity index (χ0n) is 10.7. The van der Waals surface area contributed by atoms with Crippen molar-refractivity contribution in [2.24, 2.45) is 5.11 Å². The number of benzene rings is 1. The Kier molecular flexibility index (Phi) is 3.30. The Morgan fingerprint density at radius 3 is 3.10 bits per heavy atom. The van der Waals surface area contributed by atoms with Gasteiger partial charge in [0.25, 0.3) is 0 Å². The number of rotatable bonds is 2. The second kappa shape index (κ2) is 5.11. The van der Waals surface area contributed by atoms with E-state index in [2.05, 4.69) is 15.1 Å². The molecule has 2 aromatic rings. The molecule has 1 N–H and O–H groups in total. The Labute approximate surface area is 114 Å². The standard InChI is InChI=1S/C13H14FN5O/c14-9-3-1-5-11-8(9)7-16-19(11)12-6-2-4-10(13(12)20)17-18-15/h1,3,5,7,10,12-13,20H,2,4,6H2/t10?,12-,13-/m0/s1. The Morgan fingerprint density at radius 2 is 2.30 bits per heavy atom. The van der Waals surface area contributed by atoms with Crippen molar-refractivity contribution in [3.8, 4) is 0 Å². The number of fused-ring (bicyclic) bond motifs is 1. The first-order valence-corrected chi connectivity index (χ1v) is 6.56. The van der Waals surface area contributed by atoms with Gasteiger partial charge in [-0.2, -0.15) is 5.10 Å². The summed E-state index contributed by atoms with van der Waals surface area (Å²) in [5.74, 6) is -0.328. The highest BCUT2D eigenvalue weighted by Crippen LogP contribution is 2.33. The molecule has 0 aliphatic heterocycles. The van der Waals surface area contributed by atoms with Gasteiger partial charge in [0.15, 0.2) is 0 Å². The lowest BCUT2D eigenvalue weighted by Gasteiger charge is -2.32. The van der Waals surface area contributed by atoms with E-state index in [-0.39, 0.29) is 11.9 Å². The predicted octanol–water partition coefficient (Wildman–Crippen LogP) is 2.94. The summed E-state index contributed by atoms with van der Waals surface area (Å²) in [5, 5.41) is 18.6. The van der Waals surface area contributed by atoms with Gasteiger partial charge in [-0.05, 0) is 30.5 Å². The first-order chi connectivity index (χ1) is 9.72. The van der Waals surface area contributed by atoms with Gasteiger partial charge in [-0.15, -0.1) is 0 Å². The van der Waals surface area contributed by atoms with Crippen LogP contribution < -0.4 is 0 Å². The van der Waals surface area contributed by atoms with Crippen LogP contribution in [0.15, 0.2) is 29.5 Å². The summed E-state index contributed by atoms with van der Waals surface area (Å²) < 4.78 is 15.3. The topological polar surface area (TPSA) is 86.8 Å². The predicted molar refractivity (Wildman–Crippen MR) is 71.5 cm³/mol. The van der Waals surface area contributed by atoms with Crippen molar-refractivity contribution >= 4 is 10.9 Å². The van der Waals surface area contributed by atoms with Gasteiger partial charge < -0.3 is 5.11 Å². The van der Waals surface area contributed by atoms with E-state index in [4.69, 9.17) is 5.53 Å². The van der Waals surface area contributed by atoms with Crippen molar-refractivity contribution in [1.29, 1.82) is 0 Å². The molecule has 0 spiro atoms. The first kappa shape index (κ1) is 12.9. The lowest BCUT2D eigenvalue weighted by Crippen LogP contribution is -2.38. The maximum absolute atomic E-state index is 13.7. The van der Waals surface area contributed by atoms with Gasteiger partial charge in [-0.1, -0.05) is 17.6 Å². The molecule has 1 aliphatic rings. The zero-order valence-corrected chi connectivity index (χ0v) is 10.7. The highest BCUT2D eigenvalue weighted by Gasteiger charge is 2.33. The molecule has 104 valence electrons. The summed E-state index contributed by atoms with van der Waals surface area (Å²) >= 11 is 0. The van der Waals surface area contributed by atoms with Crippen LogP contribution in [0, 0.1) is 5.82 Å². The number of hydrogen-bond acceptors (Lipinski definition) is 3. The maximum Gasteiger partial charge on any atom is 0.134 e. The summed E-state index contributed by atoms with van der Waals surface area (Å²) in [7, 11) is 0. The molecule has 1 heterocycles. The van der Waals surface area contributed by atoms with Gasteiger partial charge in [0.2, 0.25) is 0 Å². The third-order valence-corrected chi connectivity index (χ3v) is 3.89. The highest BCUT2D eigenvalue weighted by molar-refractivity contribution is 5.79. The van der Waals surface area contributed by atoms with Crippen molar-refractivity contribution in [2.45, 2.75) is 37.5 Å². The van der Waals surface area contributed by atoms with E-state index in [1.165, 1.54) is 12.3 Å². The molecule has 6 nitrogen and oxygen atoms in total. The molecule has 1 aromatic heterocycles. The van der Waals surface area contributed by atoms with E-state index in [1.54, 1.807) is 16.8 Å². The fraction of sp³-hybridized carbons (Fsp3) is 0.462. The van der Waals surface area contributed by atoms with E-state index in [0.717, 1.165) is 12.8 Å². The fourth-order valence-electron chi connectivity index (χ4n) is 2.89. The smallest absolute Gasteiger partial charge is 0.134 e. The van der Waals surface area contributed by atoms with Crippen LogP contribution in [0.4, 0.5) is 4.39 Å². The summed E-state index contributed by atoms with van der Waals surface area (Å²) in [6, 6.07) is 4.03. The number of azide groups is 1. The van der Waals surface area contributed by atoms with E-state index < -0.39 is 12.1 Å². The minimum atomic E-state index is -0.800. The molecule has 1 saturated carbocycles. The number of halogens is 1. The molecular formula is C13H14FN5O. The maximum atomic E-state index is 13.7. The Balaban J connectivity index is 2.02. The van der Waals surface area contributed by atoms with Gasteiger partial charge in [-0.3, -0.25) is 4.68 Å². The Morgan fingerprint density at radius 1 is 1.45 bits per heavy atom. The second-order valence-electron chi connectivity index (χ2n) is 5.02. The van der Waals surface area contributed by atoms with Crippen molar-refractivity contribution in [2.75, 3.05) is 0 Å². The third-order valence-electron chi connectivity index (χ3n) is 3.89. The van der Waals surface area contributed by atoms with Crippen LogP contribution in [0.25, 0.3) is 21.3 Å². The molecule has 1 unspecified atom stereocenters. The normalized spacial score (nSPS) is 26.4. The molecule has 1 aliphatic carbocycles. The number of aliphatic hydroxyl groups is 1. The number of aliphatic hydroxyl groups excluding tert-OH is 1. The van der Waals surface area contributed by atoms with Crippen LogP contribution in [-0.4, -0.2) is 27.0 Å². The van der Waals surface area contributed by atoms with E-state index in [9.17, 15) is 9.50 Å². The van der Waals surface area contributed by atoms with Crippen LogP contribution >= 0.6 is 0 Å². The highest BCUT2D eigenvalue weighted by atomic mass is 19.1. The van der Waals surface area contributed by atoms with E-state index in [0.29, 0.717) is 17.3 Å². The molecule has 3 atom stereocenters. The Hall–Kier alpha value is -2.11. The first-order valence-electron chi connectivity index (χ1n) is 6.56. The molecule has 0 bridgehead atoms. The number of nitrogens with zero attached hydrogens (tertiary/aromatic N) is 5. The quantitative estimate of drug-likeness (QED) is 0.519. The summed E-state index contributed by atoms with van der Waals surface area (Å²) in [5.41, 5.74) is 9.19. The lowest BCUT2D eigenvalue weighted by atomic mass is 9.88. The van der Waals surface area contributed by atoms with Gasteiger partial charge in [-0.25, -0.2) is 4.39 Å². The molecule has 1 fully saturated rings. The summed E-state index contributed by atoms with van der Waals surface area (Å²) in [4.78, 5) is 2.78. The average Bonchev–Trinajstić information content (AvgIpc) is 2.87. The van der Waals surface area contributed by atoms with Crippen molar-refractivity contribution in [1.82, 2.24) is 9.78 Å². The SMILES string of the molecule is [N-]=[N+]=NC1CCC[C@H](n2ncc3c(F)cccc32)[C@H]1O. The van der Waals surface area contributed by atoms with E-state index in [1.807, 2.05) is 0 Å². The molecule has 3 rings (SSSR count). The lowest BCUT2D eigenvalue weighted by molar-refractivity contribution is 0.0537. The minimum Gasteiger partial charge on any atom is -0.390 e. The average molecular weight is 275 g/mol. The zero-order chi connectivity index (χ0) is 14.1. The van der Waals surface area contributed by atoms with Crippen molar-refractivity contribution < 1.29 is 9.50 Å². The van der Waals surface area contributed by atoms with Gasteiger partial charge in [0.05, 0.1) is 35.3 Å². The van der Waals surface area contributed by atoms with Gasteiger partial charge >= 0.3 is 0 Å². The summed E-state index contributed by atoms with van der Waals surface area (Å²) in [6.45, 7) is 0. The monoisotopic (exact) mass is 275 g/mol. The third kappa shape index (κ3) is 2.01. The Bertz CT molecular complexity index is 678. The van der Waals surface area contributed by atoms with Crippen LogP contribution in [0.1, 0.15) is 25.3 Å².